The summed E-state index contributed by atoms with van der Waals surface area (Å²) < 4.78 is 0. The van der Waals surface area contributed by atoms with Crippen molar-refractivity contribution in [3.8, 4) is 0 Å². The zero-order valence-electron chi connectivity index (χ0n) is 7.53. The van der Waals surface area contributed by atoms with Crippen LogP contribution in [0.4, 0.5) is 5.69 Å². The van der Waals surface area contributed by atoms with E-state index in [9.17, 15) is 0 Å². The van der Waals surface area contributed by atoms with Crippen LogP contribution in [0.25, 0.3) is 5.53 Å². The van der Waals surface area contributed by atoms with Crippen molar-refractivity contribution >= 4 is 11.9 Å². The number of rotatable bonds is 3. The molecule has 0 saturated heterocycles. The minimum Gasteiger partial charge on any atom is -1.00 e. The first kappa shape index (κ1) is 19.2. The van der Waals surface area contributed by atoms with Crippen molar-refractivity contribution in [2.45, 2.75) is 0 Å². The quantitative estimate of drug-likeness (QED) is 0.258. The predicted octanol–water partition coefficient (Wildman–Crippen LogP) is -4.60. The maximum absolute atomic E-state index is 8.07. The summed E-state index contributed by atoms with van der Waals surface area (Å²) in [6, 6.07) is 9.73. The van der Waals surface area contributed by atoms with Crippen molar-refractivity contribution in [2.75, 3.05) is 11.9 Å². The van der Waals surface area contributed by atoms with Crippen LogP contribution in [0.2, 0.25) is 0 Å². The van der Waals surface area contributed by atoms with Crippen molar-refractivity contribution in [2.24, 2.45) is 0 Å². The van der Waals surface area contributed by atoms with Gasteiger partial charge in [-0.1, -0.05) is 18.2 Å². The van der Waals surface area contributed by atoms with Crippen molar-refractivity contribution in [1.29, 1.82) is 0 Å². The summed E-state index contributed by atoms with van der Waals surface area (Å²) in [5, 5.41) is 3.04. The zero-order chi connectivity index (χ0) is 7.94. The summed E-state index contributed by atoms with van der Waals surface area (Å²) in [7, 11) is 0. The predicted molar refractivity (Wildman–Crippen MR) is 44.6 cm³/mol. The van der Waals surface area contributed by atoms with Gasteiger partial charge in [-0.05, 0) is 12.1 Å². The largest absolute Gasteiger partial charge is 2.00 e. The molecular weight excluding hydrogens is 274 g/mol. The molecule has 0 aliphatic rings. The number of nitrogens with one attached hydrogen (secondary N) is 1. The molecule has 0 aliphatic carbocycles. The number of halogens is 2. The first-order valence-corrected chi connectivity index (χ1v) is 3.38. The Labute approximate surface area is 108 Å². The van der Waals surface area contributed by atoms with Crippen LogP contribution in [0.15, 0.2) is 30.3 Å². The van der Waals surface area contributed by atoms with E-state index in [0.717, 1.165) is 5.69 Å². The van der Waals surface area contributed by atoms with E-state index < -0.39 is 0 Å². The number of benzene rings is 1. The van der Waals surface area contributed by atoms with Crippen LogP contribution < -0.4 is 30.1 Å². The third kappa shape index (κ3) is 8.21. The molecule has 0 aromatic heterocycles. The van der Waals surface area contributed by atoms with Crippen molar-refractivity contribution < 1.29 is 49.1 Å². The Kier molecular flexibility index (Phi) is 17.3. The Balaban J connectivity index is -0.000000403. The van der Waals surface area contributed by atoms with E-state index in [-0.39, 0.29) is 44.3 Å². The van der Waals surface area contributed by atoms with Crippen molar-refractivity contribution in [1.82, 2.24) is 0 Å². The van der Waals surface area contributed by atoms with Crippen LogP contribution >= 0.6 is 0 Å². The number of anilines is 1. The van der Waals surface area contributed by atoms with Crippen LogP contribution in [-0.2, 0) is 19.5 Å². The van der Waals surface area contributed by atoms with Crippen LogP contribution in [0.5, 0.6) is 0 Å². The van der Waals surface area contributed by atoms with Gasteiger partial charge >= 0.3 is 19.5 Å². The number of nitrogens with zero attached hydrogens (tertiary/aromatic N) is 2. The van der Waals surface area contributed by atoms with Crippen molar-refractivity contribution in [3.63, 3.8) is 0 Å². The van der Waals surface area contributed by atoms with Gasteiger partial charge < -0.3 is 35.7 Å². The van der Waals surface area contributed by atoms with Gasteiger partial charge in [0, 0.05) is 5.69 Å². The maximum atomic E-state index is 8.07. The van der Waals surface area contributed by atoms with Crippen LogP contribution in [-0.4, -0.2) is 17.5 Å². The Morgan fingerprint density at radius 3 is 2.29 bits per heavy atom. The fourth-order valence-corrected chi connectivity index (χ4v) is 0.760. The molecule has 3 nitrogen and oxygen atoms in total. The van der Waals surface area contributed by atoms with Gasteiger partial charge in [0.05, 0.1) is 0 Å². The Bertz CT molecular complexity index is 263. The van der Waals surface area contributed by atoms with E-state index in [1.165, 1.54) is 6.21 Å². The molecule has 0 bridgehead atoms. The monoisotopic (exact) mass is 281 g/mol. The molecule has 72 valence electrons. The third-order valence-electron chi connectivity index (χ3n) is 1.25. The van der Waals surface area contributed by atoms with E-state index in [2.05, 4.69) is 10.1 Å². The van der Waals surface area contributed by atoms with E-state index in [1.54, 1.807) is 0 Å². The molecule has 0 amide bonds. The fourth-order valence-electron chi connectivity index (χ4n) is 0.760. The molecular formula is C8H9Cl2N3Zn. The van der Waals surface area contributed by atoms with Crippen LogP contribution in [0.3, 0.4) is 0 Å². The van der Waals surface area contributed by atoms with E-state index in [1.807, 2.05) is 30.3 Å². The molecule has 0 spiro atoms. The molecule has 0 unspecified atom stereocenters. The SMILES string of the molecule is [Cl-].[Cl-].[N-]=[N+]=CCNc1ccccc1.[Zn+2]. The molecule has 6 heteroatoms. The second-order valence-corrected chi connectivity index (χ2v) is 2.04. The molecule has 0 heterocycles. The topological polar surface area (TPSA) is 48.4 Å². The van der Waals surface area contributed by atoms with Gasteiger partial charge in [-0.25, -0.2) is 0 Å². The number of para-hydroxylation sites is 1. The second-order valence-electron chi connectivity index (χ2n) is 2.04. The summed E-state index contributed by atoms with van der Waals surface area (Å²) in [6.07, 6.45) is 1.40. The van der Waals surface area contributed by atoms with E-state index >= 15 is 0 Å². The summed E-state index contributed by atoms with van der Waals surface area (Å²) in [6.45, 7) is 0.542. The van der Waals surface area contributed by atoms with E-state index in [4.69, 9.17) is 5.53 Å². The minimum atomic E-state index is 0. The minimum absolute atomic E-state index is 0. The smallest absolute Gasteiger partial charge is 1.00 e. The van der Waals surface area contributed by atoms with Gasteiger partial charge in [0.15, 0.2) is 0 Å². The molecule has 0 atom stereocenters. The average molecular weight is 283 g/mol. The number of hydrogen-bond acceptors (Lipinski definition) is 1. The Morgan fingerprint density at radius 1 is 1.21 bits per heavy atom. The molecule has 0 saturated carbocycles. The van der Waals surface area contributed by atoms with Gasteiger partial charge in [-0.3, -0.25) is 0 Å². The maximum Gasteiger partial charge on any atom is 2.00 e. The fraction of sp³-hybridized carbons (Fsp3) is 0.125. The zero-order valence-corrected chi connectivity index (χ0v) is 12.0. The van der Waals surface area contributed by atoms with Gasteiger partial charge in [-0.15, -0.1) is 0 Å². The first-order chi connectivity index (χ1) is 5.43. The van der Waals surface area contributed by atoms with Crippen LogP contribution in [0.1, 0.15) is 0 Å². The molecule has 0 radical (unpaired) electrons. The average Bonchev–Trinajstić information content (AvgIpc) is 2.07. The van der Waals surface area contributed by atoms with Gasteiger partial charge in [0.2, 0.25) is 0 Å². The molecule has 1 rings (SSSR count). The molecule has 1 N–H and O–H groups in total. The van der Waals surface area contributed by atoms with Gasteiger partial charge in [-0.2, -0.15) is 4.79 Å². The normalized spacial score (nSPS) is 6.57. The summed E-state index contributed by atoms with van der Waals surface area (Å²) in [5.74, 6) is 0. The summed E-state index contributed by atoms with van der Waals surface area (Å²) >= 11 is 0. The molecule has 1 aromatic carbocycles. The molecule has 0 fully saturated rings. The molecule has 0 aliphatic heterocycles. The molecule has 1 aromatic rings. The van der Waals surface area contributed by atoms with Gasteiger partial charge in [0.1, 0.15) is 6.54 Å². The first-order valence-electron chi connectivity index (χ1n) is 3.38. The third-order valence-corrected chi connectivity index (χ3v) is 1.25. The van der Waals surface area contributed by atoms with Crippen molar-refractivity contribution in [3.05, 3.63) is 35.9 Å². The standard InChI is InChI=1S/C8H9N3.2ClH.Zn/c9-11-7-6-10-8-4-2-1-3-5-8;;;/h1-5,7,10H,6H2;2*1H;/q;;;+2/p-2. The summed E-state index contributed by atoms with van der Waals surface area (Å²) in [5.41, 5.74) is 9.09. The van der Waals surface area contributed by atoms with Crippen LogP contribution in [0, 0.1) is 0 Å². The summed E-state index contributed by atoms with van der Waals surface area (Å²) in [4.78, 5) is 2.86. The molecule has 14 heavy (non-hydrogen) atoms. The second kappa shape index (κ2) is 12.6. The number of hydrogen-bond donors (Lipinski definition) is 1. The van der Waals surface area contributed by atoms with Gasteiger partial charge in [0.25, 0.3) is 6.21 Å². The van der Waals surface area contributed by atoms with E-state index in [0.29, 0.717) is 6.54 Å². The Morgan fingerprint density at radius 2 is 1.79 bits per heavy atom. The Hall–Kier alpha value is -0.397.